The lowest BCUT2D eigenvalue weighted by molar-refractivity contribution is 0.153. The number of nitrogens with zero attached hydrogens (tertiary/aromatic N) is 4. The van der Waals surface area contributed by atoms with Gasteiger partial charge in [-0.1, -0.05) is 6.07 Å². The van der Waals surface area contributed by atoms with Gasteiger partial charge in [0.2, 0.25) is 15.8 Å². The standard InChI is InChI=1S/C18H17FN4O5S/c1-22(18(24)25)11-12-9-16(23(21-12)15-7-4-8-20-17(15)19)29(26,27)14-6-3-5-13(10-14)28-2/h3-10H,11H2,1-2H3,(H,24,25). The first-order valence-electron chi connectivity index (χ1n) is 8.27. The smallest absolute Gasteiger partial charge is 0.407 e. The number of amides is 1. The molecule has 0 spiro atoms. The van der Waals surface area contributed by atoms with Crippen LogP contribution in [0.3, 0.4) is 0 Å². The largest absolute Gasteiger partial charge is 0.497 e. The number of sulfone groups is 1. The molecule has 0 saturated carbocycles. The third-order valence-corrected chi connectivity index (χ3v) is 5.76. The minimum Gasteiger partial charge on any atom is -0.497 e. The number of benzene rings is 1. The number of ether oxygens (including phenoxy) is 1. The van der Waals surface area contributed by atoms with Crippen molar-refractivity contribution >= 4 is 15.9 Å². The Morgan fingerprint density at radius 2 is 2.03 bits per heavy atom. The van der Waals surface area contributed by atoms with E-state index < -0.39 is 21.9 Å². The first-order chi connectivity index (χ1) is 13.7. The van der Waals surface area contributed by atoms with E-state index >= 15 is 0 Å². The van der Waals surface area contributed by atoms with Gasteiger partial charge in [-0.3, -0.25) is 0 Å². The number of methoxy groups -OCH3 is 1. The first kappa shape index (κ1) is 20.3. The predicted molar refractivity (Wildman–Crippen MR) is 99.3 cm³/mol. The second-order valence-electron chi connectivity index (χ2n) is 6.02. The van der Waals surface area contributed by atoms with Crippen LogP contribution >= 0.6 is 0 Å². The number of carboxylic acid groups (broad SMARTS) is 1. The number of pyridine rings is 1. The molecule has 0 saturated heterocycles. The van der Waals surface area contributed by atoms with Crippen molar-refractivity contribution in [2.75, 3.05) is 14.2 Å². The Morgan fingerprint density at radius 3 is 2.69 bits per heavy atom. The van der Waals surface area contributed by atoms with Crippen LogP contribution in [0.15, 0.2) is 58.6 Å². The summed E-state index contributed by atoms with van der Waals surface area (Å²) >= 11 is 0. The molecule has 2 aromatic heterocycles. The molecule has 11 heteroatoms. The fourth-order valence-electron chi connectivity index (χ4n) is 2.59. The molecule has 0 radical (unpaired) electrons. The van der Waals surface area contributed by atoms with Crippen LogP contribution in [0.4, 0.5) is 9.18 Å². The van der Waals surface area contributed by atoms with Gasteiger partial charge in [0, 0.05) is 19.3 Å². The predicted octanol–water partition coefficient (Wildman–Crippen LogP) is 2.36. The average Bonchev–Trinajstić information content (AvgIpc) is 3.12. The quantitative estimate of drug-likeness (QED) is 0.609. The Labute approximate surface area is 165 Å². The molecule has 0 atom stereocenters. The summed E-state index contributed by atoms with van der Waals surface area (Å²) in [6, 6.07) is 9.77. The molecule has 1 aromatic carbocycles. The highest BCUT2D eigenvalue weighted by molar-refractivity contribution is 7.91. The highest BCUT2D eigenvalue weighted by Crippen LogP contribution is 2.27. The van der Waals surface area contributed by atoms with Crippen molar-refractivity contribution in [3.05, 3.63) is 60.3 Å². The van der Waals surface area contributed by atoms with E-state index in [4.69, 9.17) is 9.84 Å². The summed E-state index contributed by atoms with van der Waals surface area (Å²) in [5.74, 6) is -0.591. The normalized spacial score (nSPS) is 11.3. The van der Waals surface area contributed by atoms with Gasteiger partial charge in [0.05, 0.1) is 24.2 Å². The molecule has 9 nitrogen and oxygen atoms in total. The molecule has 1 N–H and O–H groups in total. The lowest BCUT2D eigenvalue weighted by Gasteiger charge is -2.10. The highest BCUT2D eigenvalue weighted by Gasteiger charge is 2.27. The summed E-state index contributed by atoms with van der Waals surface area (Å²) < 4.78 is 46.8. The minimum atomic E-state index is -4.14. The summed E-state index contributed by atoms with van der Waals surface area (Å²) in [7, 11) is -1.43. The van der Waals surface area contributed by atoms with Crippen molar-refractivity contribution in [2.24, 2.45) is 0 Å². The van der Waals surface area contributed by atoms with E-state index in [0.717, 1.165) is 9.58 Å². The lowest BCUT2D eigenvalue weighted by atomic mass is 10.3. The zero-order chi connectivity index (χ0) is 21.2. The van der Waals surface area contributed by atoms with Crippen LogP contribution in [0.25, 0.3) is 5.69 Å². The molecule has 29 heavy (non-hydrogen) atoms. The molecule has 0 unspecified atom stereocenters. The van der Waals surface area contributed by atoms with E-state index in [9.17, 15) is 17.6 Å². The van der Waals surface area contributed by atoms with Crippen molar-refractivity contribution in [3.63, 3.8) is 0 Å². The van der Waals surface area contributed by atoms with Crippen molar-refractivity contribution in [3.8, 4) is 11.4 Å². The van der Waals surface area contributed by atoms with Gasteiger partial charge >= 0.3 is 6.09 Å². The van der Waals surface area contributed by atoms with Gasteiger partial charge in [-0.25, -0.2) is 22.9 Å². The van der Waals surface area contributed by atoms with Crippen molar-refractivity contribution in [1.29, 1.82) is 0 Å². The Balaban J connectivity index is 2.19. The zero-order valence-electron chi connectivity index (χ0n) is 15.5. The maximum atomic E-state index is 14.3. The fourth-order valence-corrected chi connectivity index (χ4v) is 4.02. The van der Waals surface area contributed by atoms with Crippen LogP contribution in [0.5, 0.6) is 5.75 Å². The van der Waals surface area contributed by atoms with Crippen LogP contribution in [0, 0.1) is 5.95 Å². The van der Waals surface area contributed by atoms with E-state index in [2.05, 4.69) is 10.1 Å². The van der Waals surface area contributed by atoms with E-state index in [1.807, 2.05) is 0 Å². The monoisotopic (exact) mass is 420 g/mol. The molecule has 3 aromatic rings. The number of rotatable bonds is 6. The SMILES string of the molecule is COc1cccc(S(=O)(=O)c2cc(CN(C)C(=O)O)nn2-c2cccnc2F)c1. The third kappa shape index (κ3) is 4.04. The average molecular weight is 420 g/mol. The number of carbonyl (C=O) groups is 1. The molecule has 0 aliphatic rings. The number of hydrogen-bond acceptors (Lipinski definition) is 6. The summed E-state index contributed by atoms with van der Waals surface area (Å²) in [5, 5.41) is 12.9. The molecule has 152 valence electrons. The Morgan fingerprint density at radius 1 is 1.28 bits per heavy atom. The van der Waals surface area contributed by atoms with Crippen LogP contribution < -0.4 is 4.74 Å². The van der Waals surface area contributed by atoms with Gasteiger partial charge in [-0.05, 0) is 30.3 Å². The second-order valence-corrected chi connectivity index (χ2v) is 7.92. The maximum absolute atomic E-state index is 14.3. The molecule has 0 bridgehead atoms. The molecular formula is C18H17FN4O5S. The summed E-state index contributed by atoms with van der Waals surface area (Å²) in [4.78, 5) is 15.5. The van der Waals surface area contributed by atoms with Crippen molar-refractivity contribution in [2.45, 2.75) is 16.5 Å². The zero-order valence-corrected chi connectivity index (χ0v) is 16.3. The molecule has 1 amide bonds. The molecule has 0 aliphatic carbocycles. The third-order valence-electron chi connectivity index (χ3n) is 4.05. The highest BCUT2D eigenvalue weighted by atomic mass is 32.2. The molecular weight excluding hydrogens is 403 g/mol. The van der Waals surface area contributed by atoms with Gasteiger partial charge in [0.1, 0.15) is 11.4 Å². The van der Waals surface area contributed by atoms with Gasteiger partial charge in [-0.15, -0.1) is 0 Å². The maximum Gasteiger partial charge on any atom is 0.407 e. The summed E-state index contributed by atoms with van der Waals surface area (Å²) in [6.07, 6.45) is 0.00169. The van der Waals surface area contributed by atoms with Crippen LogP contribution in [0.2, 0.25) is 0 Å². The van der Waals surface area contributed by atoms with Gasteiger partial charge in [0.25, 0.3) is 0 Å². The molecule has 2 heterocycles. The van der Waals surface area contributed by atoms with Crippen molar-refractivity contribution < 1.29 is 27.4 Å². The van der Waals surface area contributed by atoms with Gasteiger partial charge in [-0.2, -0.15) is 9.49 Å². The van der Waals surface area contributed by atoms with Crippen molar-refractivity contribution in [1.82, 2.24) is 19.7 Å². The topological polar surface area (TPSA) is 115 Å². The number of aromatic nitrogens is 3. The number of halogens is 1. The van der Waals surface area contributed by atoms with E-state index in [1.165, 1.54) is 56.8 Å². The Hall–Kier alpha value is -3.47. The van der Waals surface area contributed by atoms with Gasteiger partial charge < -0.3 is 14.7 Å². The van der Waals surface area contributed by atoms with E-state index in [0.29, 0.717) is 5.75 Å². The molecule has 3 rings (SSSR count). The second kappa shape index (κ2) is 7.87. The minimum absolute atomic E-state index is 0.0829. The van der Waals surface area contributed by atoms with E-state index in [-0.39, 0.29) is 27.8 Å². The summed E-state index contributed by atoms with van der Waals surface area (Å²) in [5.41, 5.74) is -0.0576. The van der Waals surface area contributed by atoms with Crippen LogP contribution in [0.1, 0.15) is 5.69 Å². The summed E-state index contributed by atoms with van der Waals surface area (Å²) in [6.45, 7) is -0.190. The Bertz CT molecular complexity index is 1160. The molecule has 0 aliphatic heterocycles. The van der Waals surface area contributed by atoms with Crippen LogP contribution in [-0.2, 0) is 16.4 Å². The molecule has 0 fully saturated rings. The van der Waals surface area contributed by atoms with Gasteiger partial charge in [0.15, 0.2) is 5.03 Å². The fraction of sp³-hybridized carbons (Fsp3) is 0.167. The van der Waals surface area contributed by atoms with E-state index in [1.54, 1.807) is 6.07 Å². The lowest BCUT2D eigenvalue weighted by Crippen LogP contribution is -2.24. The van der Waals surface area contributed by atoms with Crippen LogP contribution in [-0.4, -0.2) is 53.4 Å². The Kier molecular flexibility index (Phi) is 5.50. The number of hydrogen-bond donors (Lipinski definition) is 1. The first-order valence-corrected chi connectivity index (χ1v) is 9.75.